The van der Waals surface area contributed by atoms with Crippen molar-refractivity contribution in [2.24, 2.45) is 0 Å². The van der Waals surface area contributed by atoms with Crippen LogP contribution in [0.4, 0.5) is 0 Å². The lowest BCUT2D eigenvalue weighted by Crippen LogP contribution is -2.35. The Hall–Kier alpha value is -1.36. The number of ether oxygens (including phenoxy) is 1. The van der Waals surface area contributed by atoms with Crippen molar-refractivity contribution in [3.8, 4) is 0 Å². The molecule has 0 saturated heterocycles. The Kier molecular flexibility index (Phi) is 4.30. The van der Waals surface area contributed by atoms with E-state index in [1.54, 1.807) is 13.2 Å². The van der Waals surface area contributed by atoms with Crippen LogP contribution in [-0.2, 0) is 11.2 Å². The average Bonchev–Trinajstić information content (AvgIpc) is 2.66. The van der Waals surface area contributed by atoms with Gasteiger partial charge in [-0.3, -0.25) is 4.79 Å². The van der Waals surface area contributed by atoms with Crippen LogP contribution < -0.4 is 5.32 Å². The van der Waals surface area contributed by atoms with Gasteiger partial charge >= 0.3 is 0 Å². The summed E-state index contributed by atoms with van der Waals surface area (Å²) in [5, 5.41) is 6.42. The predicted octanol–water partition coefficient (Wildman–Crippen LogP) is 1.00. The zero-order chi connectivity index (χ0) is 11.3. The molecule has 1 amide bonds. The summed E-state index contributed by atoms with van der Waals surface area (Å²) in [7, 11) is 1.59. The van der Waals surface area contributed by atoms with Crippen molar-refractivity contribution in [3.05, 3.63) is 17.5 Å². The molecule has 0 spiro atoms. The second-order valence-electron chi connectivity index (χ2n) is 3.36. The maximum Gasteiger partial charge on any atom is 0.273 e. The smallest absolute Gasteiger partial charge is 0.273 e. The van der Waals surface area contributed by atoms with E-state index in [2.05, 4.69) is 10.5 Å². The van der Waals surface area contributed by atoms with E-state index in [-0.39, 0.29) is 11.9 Å². The second-order valence-corrected chi connectivity index (χ2v) is 3.36. The largest absolute Gasteiger partial charge is 0.383 e. The lowest BCUT2D eigenvalue weighted by Gasteiger charge is -2.10. The van der Waals surface area contributed by atoms with Crippen LogP contribution >= 0.6 is 0 Å². The lowest BCUT2D eigenvalue weighted by molar-refractivity contribution is 0.0896. The summed E-state index contributed by atoms with van der Waals surface area (Å²) < 4.78 is 9.84. The van der Waals surface area contributed by atoms with Gasteiger partial charge in [-0.25, -0.2) is 0 Å². The summed E-state index contributed by atoms with van der Waals surface area (Å²) in [6, 6.07) is 1.61. The Bertz CT molecular complexity index is 322. The molecule has 1 aromatic heterocycles. The molecule has 0 bridgehead atoms. The van der Waals surface area contributed by atoms with E-state index < -0.39 is 0 Å². The van der Waals surface area contributed by atoms with Crippen LogP contribution in [0.1, 0.15) is 30.1 Å². The van der Waals surface area contributed by atoms with E-state index in [1.165, 1.54) is 0 Å². The molecule has 0 fully saturated rings. The van der Waals surface area contributed by atoms with Gasteiger partial charge in [0.2, 0.25) is 0 Å². The van der Waals surface area contributed by atoms with E-state index in [9.17, 15) is 4.79 Å². The maximum absolute atomic E-state index is 11.6. The Balaban J connectivity index is 2.53. The van der Waals surface area contributed by atoms with Crippen LogP contribution in [0, 0.1) is 0 Å². The van der Waals surface area contributed by atoms with Gasteiger partial charge in [0.05, 0.1) is 6.61 Å². The Labute approximate surface area is 88.8 Å². The molecule has 0 radical (unpaired) electrons. The number of carbonyl (C=O) groups is 1. The minimum absolute atomic E-state index is 0.0377. The van der Waals surface area contributed by atoms with Crippen molar-refractivity contribution < 1.29 is 14.1 Å². The molecule has 1 atom stereocenters. The molecule has 0 aliphatic carbocycles. The van der Waals surface area contributed by atoms with Crippen molar-refractivity contribution in [1.29, 1.82) is 0 Å². The normalized spacial score (nSPS) is 12.5. The number of rotatable bonds is 5. The highest BCUT2D eigenvalue weighted by molar-refractivity contribution is 5.92. The van der Waals surface area contributed by atoms with Crippen LogP contribution in [0.2, 0.25) is 0 Å². The summed E-state index contributed by atoms with van der Waals surface area (Å²) in [5.41, 5.74) is 0.315. The van der Waals surface area contributed by atoms with E-state index in [1.807, 2.05) is 13.8 Å². The van der Waals surface area contributed by atoms with Crippen molar-refractivity contribution in [2.45, 2.75) is 26.3 Å². The minimum Gasteiger partial charge on any atom is -0.383 e. The first-order valence-corrected chi connectivity index (χ1v) is 4.92. The third-order valence-electron chi connectivity index (χ3n) is 1.93. The molecule has 1 rings (SSSR count). The van der Waals surface area contributed by atoms with Gasteiger partial charge in [-0.1, -0.05) is 12.1 Å². The van der Waals surface area contributed by atoms with Gasteiger partial charge in [-0.2, -0.15) is 0 Å². The fraction of sp³-hybridized carbons (Fsp3) is 0.600. The standard InChI is InChI=1S/C10H16N2O3/c1-4-8-5-9(12-15-8)10(13)11-7(2)6-14-3/h5,7H,4,6H2,1-3H3,(H,11,13). The molecule has 1 heterocycles. The van der Waals surface area contributed by atoms with E-state index in [4.69, 9.17) is 9.26 Å². The van der Waals surface area contributed by atoms with Gasteiger partial charge in [0.1, 0.15) is 5.76 Å². The lowest BCUT2D eigenvalue weighted by atomic mass is 10.3. The number of nitrogens with zero attached hydrogens (tertiary/aromatic N) is 1. The van der Waals surface area contributed by atoms with E-state index in [0.29, 0.717) is 18.1 Å². The Morgan fingerprint density at radius 3 is 3.00 bits per heavy atom. The molecule has 84 valence electrons. The molecule has 5 heteroatoms. The first kappa shape index (κ1) is 11.7. The highest BCUT2D eigenvalue weighted by Crippen LogP contribution is 2.04. The van der Waals surface area contributed by atoms with E-state index >= 15 is 0 Å². The van der Waals surface area contributed by atoms with Crippen LogP contribution in [0.15, 0.2) is 10.6 Å². The molecule has 1 N–H and O–H groups in total. The topological polar surface area (TPSA) is 64.4 Å². The number of aromatic nitrogens is 1. The minimum atomic E-state index is -0.233. The molecule has 0 saturated carbocycles. The van der Waals surface area contributed by atoms with Gasteiger partial charge in [0.25, 0.3) is 5.91 Å². The molecule has 15 heavy (non-hydrogen) atoms. The van der Waals surface area contributed by atoms with E-state index in [0.717, 1.165) is 6.42 Å². The summed E-state index contributed by atoms with van der Waals surface area (Å²) in [6.45, 7) is 4.28. The third-order valence-corrected chi connectivity index (χ3v) is 1.93. The number of nitrogens with one attached hydrogen (secondary N) is 1. The zero-order valence-corrected chi connectivity index (χ0v) is 9.24. The number of hydrogen-bond acceptors (Lipinski definition) is 4. The SMILES string of the molecule is CCc1cc(C(=O)NC(C)COC)no1. The van der Waals surface area contributed by atoms with Gasteiger partial charge in [0.15, 0.2) is 5.69 Å². The molecule has 5 nitrogen and oxygen atoms in total. The second kappa shape index (κ2) is 5.50. The highest BCUT2D eigenvalue weighted by Gasteiger charge is 2.13. The summed E-state index contributed by atoms with van der Waals surface area (Å²) in [4.78, 5) is 11.6. The van der Waals surface area contributed by atoms with Crippen molar-refractivity contribution in [2.75, 3.05) is 13.7 Å². The average molecular weight is 212 g/mol. The number of carbonyl (C=O) groups excluding carboxylic acids is 1. The molecule has 0 aliphatic heterocycles. The van der Waals surface area contributed by atoms with Crippen molar-refractivity contribution >= 4 is 5.91 Å². The molecule has 1 unspecified atom stereocenters. The van der Waals surface area contributed by atoms with Crippen LogP contribution in [-0.4, -0.2) is 30.8 Å². The third kappa shape index (κ3) is 3.36. The van der Waals surface area contributed by atoms with Crippen molar-refractivity contribution in [1.82, 2.24) is 10.5 Å². The van der Waals surface area contributed by atoms with Crippen LogP contribution in [0.5, 0.6) is 0 Å². The summed E-state index contributed by atoms with van der Waals surface area (Å²) in [5.74, 6) is 0.475. The van der Waals surface area contributed by atoms with Crippen LogP contribution in [0.25, 0.3) is 0 Å². The molecule has 0 aliphatic rings. The van der Waals surface area contributed by atoms with Gasteiger partial charge in [0, 0.05) is 25.6 Å². The Morgan fingerprint density at radius 2 is 2.47 bits per heavy atom. The molecule has 1 aromatic rings. The highest BCUT2D eigenvalue weighted by atomic mass is 16.5. The number of aryl methyl sites for hydroxylation is 1. The quantitative estimate of drug-likeness (QED) is 0.790. The van der Waals surface area contributed by atoms with Gasteiger partial charge in [-0.15, -0.1) is 0 Å². The number of hydrogen-bond donors (Lipinski definition) is 1. The van der Waals surface area contributed by atoms with Crippen molar-refractivity contribution in [3.63, 3.8) is 0 Å². The monoisotopic (exact) mass is 212 g/mol. The molecular weight excluding hydrogens is 196 g/mol. The first-order chi connectivity index (χ1) is 7.17. The predicted molar refractivity (Wildman–Crippen MR) is 54.7 cm³/mol. The molecular formula is C10H16N2O3. The number of methoxy groups -OCH3 is 1. The maximum atomic E-state index is 11.6. The summed E-state index contributed by atoms with van der Waals surface area (Å²) in [6.07, 6.45) is 0.730. The fourth-order valence-corrected chi connectivity index (χ4v) is 1.18. The van der Waals surface area contributed by atoms with Gasteiger partial charge in [-0.05, 0) is 6.92 Å². The molecule has 0 aromatic carbocycles. The fourth-order valence-electron chi connectivity index (χ4n) is 1.18. The Morgan fingerprint density at radius 1 is 1.73 bits per heavy atom. The zero-order valence-electron chi connectivity index (χ0n) is 9.24. The van der Waals surface area contributed by atoms with Gasteiger partial charge < -0.3 is 14.6 Å². The number of amides is 1. The van der Waals surface area contributed by atoms with Crippen LogP contribution in [0.3, 0.4) is 0 Å². The first-order valence-electron chi connectivity index (χ1n) is 4.92. The summed E-state index contributed by atoms with van der Waals surface area (Å²) >= 11 is 0.